The van der Waals surface area contributed by atoms with Gasteiger partial charge in [-0.1, -0.05) is 0 Å². The number of hydrogen-bond acceptors (Lipinski definition) is 5. The van der Waals surface area contributed by atoms with Gasteiger partial charge in [0, 0.05) is 31.5 Å². The molecule has 1 atom stereocenters. The van der Waals surface area contributed by atoms with Gasteiger partial charge >= 0.3 is 0 Å². The topological polar surface area (TPSA) is 50.3 Å². The first-order chi connectivity index (χ1) is 8.31. The Morgan fingerprint density at radius 1 is 1.44 bits per heavy atom. The average Bonchev–Trinajstić information content (AvgIpc) is 2.40. The molecule has 18 heavy (non-hydrogen) atoms. The van der Waals surface area contributed by atoms with E-state index in [1.807, 2.05) is 0 Å². The molecule has 0 aliphatic carbocycles. The highest BCUT2D eigenvalue weighted by Gasteiger charge is 2.19. The normalized spacial score (nSPS) is 19.4. The van der Waals surface area contributed by atoms with Crippen LogP contribution in [0.3, 0.4) is 0 Å². The molecule has 0 radical (unpaired) electrons. The summed E-state index contributed by atoms with van der Waals surface area (Å²) in [7, 11) is 3.77. The number of likely N-dealkylation sites (N-methyl/N-ethyl adjacent to an activating group) is 1. The predicted molar refractivity (Wildman–Crippen MR) is 73.2 cm³/mol. The molecule has 102 valence electrons. The predicted octanol–water partition coefficient (Wildman–Crippen LogP) is 1.09. The maximum absolute atomic E-state index is 5.22. The van der Waals surface area contributed by atoms with Gasteiger partial charge in [0.25, 0.3) is 0 Å². The fourth-order valence-corrected chi connectivity index (χ4v) is 2.21. The molecule has 6 heteroatoms. The highest BCUT2D eigenvalue weighted by molar-refractivity contribution is 5.85. The molecular formula is C12H21ClN4O. The maximum atomic E-state index is 5.22. The van der Waals surface area contributed by atoms with Crippen molar-refractivity contribution in [1.82, 2.24) is 20.2 Å². The zero-order valence-electron chi connectivity index (χ0n) is 10.9. The van der Waals surface area contributed by atoms with Crippen LogP contribution in [0.25, 0.3) is 0 Å². The Kier molecular flexibility index (Phi) is 6.32. The average molecular weight is 273 g/mol. The van der Waals surface area contributed by atoms with Crippen molar-refractivity contribution in [3.05, 3.63) is 18.1 Å². The van der Waals surface area contributed by atoms with Crippen molar-refractivity contribution in [3.63, 3.8) is 0 Å². The summed E-state index contributed by atoms with van der Waals surface area (Å²) in [5, 5.41) is 3.42. The molecule has 1 N–H and O–H groups in total. The highest BCUT2D eigenvalue weighted by Crippen LogP contribution is 2.16. The standard InChI is InChI=1S/C12H20N4O.ClH/c1-16(10-4-3-5-13-8-10)9-11-12(17-2)15-7-6-14-11;/h6-7,10,13H,3-5,8-9H2,1-2H3;1H/t10-;/m1./s1. The van der Waals surface area contributed by atoms with Crippen LogP contribution in [0.15, 0.2) is 12.4 Å². The highest BCUT2D eigenvalue weighted by atomic mass is 35.5. The molecule has 5 nitrogen and oxygen atoms in total. The van der Waals surface area contributed by atoms with Crippen molar-refractivity contribution in [3.8, 4) is 5.88 Å². The van der Waals surface area contributed by atoms with Crippen LogP contribution >= 0.6 is 12.4 Å². The Bertz CT molecular complexity index is 358. The van der Waals surface area contributed by atoms with Gasteiger partial charge in [0.1, 0.15) is 5.69 Å². The molecule has 2 heterocycles. The second-order valence-corrected chi connectivity index (χ2v) is 4.43. The fourth-order valence-electron chi connectivity index (χ4n) is 2.21. The zero-order chi connectivity index (χ0) is 12.1. The van der Waals surface area contributed by atoms with E-state index in [0.717, 1.165) is 25.3 Å². The molecule has 0 saturated carbocycles. The van der Waals surface area contributed by atoms with Crippen LogP contribution in [-0.4, -0.2) is 48.2 Å². The van der Waals surface area contributed by atoms with E-state index in [-0.39, 0.29) is 12.4 Å². The van der Waals surface area contributed by atoms with Gasteiger partial charge in [-0.3, -0.25) is 9.88 Å². The van der Waals surface area contributed by atoms with Gasteiger partial charge in [-0.05, 0) is 26.4 Å². The summed E-state index contributed by atoms with van der Waals surface area (Å²) in [6.45, 7) is 2.97. The second kappa shape index (κ2) is 7.51. The Hall–Kier alpha value is -0.910. The summed E-state index contributed by atoms with van der Waals surface area (Å²) in [6, 6.07) is 0.579. The van der Waals surface area contributed by atoms with E-state index >= 15 is 0 Å². The molecule has 1 aromatic rings. The van der Waals surface area contributed by atoms with Crippen LogP contribution in [-0.2, 0) is 6.54 Å². The lowest BCUT2D eigenvalue weighted by Gasteiger charge is -2.31. The van der Waals surface area contributed by atoms with Gasteiger partial charge in [-0.25, -0.2) is 4.98 Å². The lowest BCUT2D eigenvalue weighted by atomic mass is 10.1. The summed E-state index contributed by atoms with van der Waals surface area (Å²) in [4.78, 5) is 10.8. The molecule has 1 aromatic heterocycles. The van der Waals surface area contributed by atoms with Gasteiger partial charge in [0.05, 0.1) is 7.11 Å². The van der Waals surface area contributed by atoms with Crippen LogP contribution in [0.1, 0.15) is 18.5 Å². The quantitative estimate of drug-likeness (QED) is 0.889. The first-order valence-electron chi connectivity index (χ1n) is 6.06. The number of nitrogens with zero attached hydrogens (tertiary/aromatic N) is 3. The van der Waals surface area contributed by atoms with E-state index in [9.17, 15) is 0 Å². The van der Waals surface area contributed by atoms with E-state index in [2.05, 4.69) is 27.2 Å². The van der Waals surface area contributed by atoms with Crippen LogP contribution in [0, 0.1) is 0 Å². The lowest BCUT2D eigenvalue weighted by molar-refractivity contribution is 0.191. The lowest BCUT2D eigenvalue weighted by Crippen LogP contribution is -2.43. The van der Waals surface area contributed by atoms with Gasteiger partial charge in [0.2, 0.25) is 5.88 Å². The van der Waals surface area contributed by atoms with Crippen molar-refractivity contribution in [1.29, 1.82) is 0 Å². The summed E-state index contributed by atoms with van der Waals surface area (Å²) in [5.41, 5.74) is 0.906. The SMILES string of the molecule is COc1nccnc1CN(C)[C@@H]1CCCNC1.Cl. The number of halogens is 1. The largest absolute Gasteiger partial charge is 0.480 e. The van der Waals surface area contributed by atoms with Crippen molar-refractivity contribution >= 4 is 12.4 Å². The van der Waals surface area contributed by atoms with Crippen LogP contribution in [0.4, 0.5) is 0 Å². The zero-order valence-corrected chi connectivity index (χ0v) is 11.7. The molecule has 0 unspecified atom stereocenters. The van der Waals surface area contributed by atoms with E-state index in [1.165, 1.54) is 12.8 Å². The molecule has 0 aromatic carbocycles. The molecule has 1 saturated heterocycles. The van der Waals surface area contributed by atoms with E-state index in [4.69, 9.17) is 4.74 Å². The third kappa shape index (κ3) is 3.80. The molecule has 0 amide bonds. The first-order valence-corrected chi connectivity index (χ1v) is 6.06. The number of rotatable bonds is 4. The number of ether oxygens (including phenoxy) is 1. The smallest absolute Gasteiger partial charge is 0.236 e. The molecule has 0 bridgehead atoms. The van der Waals surface area contributed by atoms with Gasteiger partial charge in [-0.15, -0.1) is 12.4 Å². The molecule has 0 spiro atoms. The van der Waals surface area contributed by atoms with Gasteiger partial charge in [-0.2, -0.15) is 0 Å². The molecule has 1 fully saturated rings. The molecule has 1 aliphatic rings. The second-order valence-electron chi connectivity index (χ2n) is 4.43. The Morgan fingerprint density at radius 2 is 2.22 bits per heavy atom. The third-order valence-corrected chi connectivity index (χ3v) is 3.22. The van der Waals surface area contributed by atoms with E-state index in [1.54, 1.807) is 19.5 Å². The number of nitrogens with one attached hydrogen (secondary N) is 1. The van der Waals surface area contributed by atoms with Gasteiger partial charge in [0.15, 0.2) is 0 Å². The van der Waals surface area contributed by atoms with Crippen molar-refractivity contribution in [2.75, 3.05) is 27.2 Å². The van der Waals surface area contributed by atoms with Crippen molar-refractivity contribution in [2.24, 2.45) is 0 Å². The minimum atomic E-state index is 0. The Balaban J connectivity index is 0.00000162. The van der Waals surface area contributed by atoms with Crippen molar-refractivity contribution in [2.45, 2.75) is 25.4 Å². The van der Waals surface area contributed by atoms with E-state index in [0.29, 0.717) is 11.9 Å². The number of methoxy groups -OCH3 is 1. The minimum absolute atomic E-state index is 0. The molecule has 2 rings (SSSR count). The third-order valence-electron chi connectivity index (χ3n) is 3.22. The number of hydrogen-bond donors (Lipinski definition) is 1. The molecular weight excluding hydrogens is 252 g/mol. The minimum Gasteiger partial charge on any atom is -0.480 e. The fraction of sp³-hybridized carbons (Fsp3) is 0.667. The van der Waals surface area contributed by atoms with Crippen LogP contribution in [0.5, 0.6) is 5.88 Å². The van der Waals surface area contributed by atoms with Gasteiger partial charge < -0.3 is 10.1 Å². The summed E-state index contributed by atoms with van der Waals surface area (Å²) in [5.74, 6) is 0.628. The maximum Gasteiger partial charge on any atom is 0.236 e. The van der Waals surface area contributed by atoms with Crippen LogP contribution in [0.2, 0.25) is 0 Å². The monoisotopic (exact) mass is 272 g/mol. The summed E-state index contributed by atoms with van der Waals surface area (Å²) in [6.07, 6.45) is 5.86. The number of aromatic nitrogens is 2. The van der Waals surface area contributed by atoms with Crippen molar-refractivity contribution < 1.29 is 4.74 Å². The summed E-state index contributed by atoms with van der Waals surface area (Å²) < 4.78 is 5.22. The van der Waals surface area contributed by atoms with Crippen LogP contribution < -0.4 is 10.1 Å². The number of piperidine rings is 1. The Labute approximate surface area is 114 Å². The Morgan fingerprint density at radius 3 is 2.89 bits per heavy atom. The summed E-state index contributed by atoms with van der Waals surface area (Å²) >= 11 is 0. The van der Waals surface area contributed by atoms with E-state index < -0.39 is 0 Å². The first kappa shape index (κ1) is 15.1. The molecule has 1 aliphatic heterocycles.